The lowest BCUT2D eigenvalue weighted by atomic mass is 9.88. The van der Waals surface area contributed by atoms with Gasteiger partial charge >= 0.3 is 0 Å². The number of benzene rings is 2. The van der Waals surface area contributed by atoms with Gasteiger partial charge in [0.1, 0.15) is 11.8 Å². The first-order valence-corrected chi connectivity index (χ1v) is 6.91. The molecule has 4 nitrogen and oxygen atoms in total. The highest BCUT2D eigenvalue weighted by Gasteiger charge is 2.46. The first kappa shape index (κ1) is 13.6. The van der Waals surface area contributed by atoms with Crippen molar-refractivity contribution in [1.82, 2.24) is 0 Å². The molecule has 0 aliphatic carbocycles. The van der Waals surface area contributed by atoms with Crippen molar-refractivity contribution in [3.63, 3.8) is 0 Å². The van der Waals surface area contributed by atoms with E-state index < -0.39 is 6.04 Å². The molecule has 2 aromatic carbocycles. The topological polar surface area (TPSA) is 55.6 Å². The average Bonchev–Trinajstić information content (AvgIpc) is 2.52. The van der Waals surface area contributed by atoms with Crippen LogP contribution in [0.1, 0.15) is 17.2 Å². The molecule has 0 unspecified atom stereocenters. The van der Waals surface area contributed by atoms with Crippen molar-refractivity contribution in [1.29, 1.82) is 0 Å². The number of anilines is 1. The quantitative estimate of drug-likeness (QED) is 0.880. The lowest BCUT2D eigenvalue weighted by molar-refractivity contribution is -0.126. The molecule has 0 radical (unpaired) electrons. The van der Waals surface area contributed by atoms with E-state index in [0.29, 0.717) is 0 Å². The van der Waals surface area contributed by atoms with Gasteiger partial charge in [-0.25, -0.2) is 0 Å². The van der Waals surface area contributed by atoms with Crippen LogP contribution in [0.3, 0.4) is 0 Å². The Balaban J connectivity index is 1.96. The Morgan fingerprint density at radius 1 is 1.14 bits per heavy atom. The lowest BCUT2D eigenvalue weighted by Crippen LogP contribution is -2.63. The first-order valence-electron chi connectivity index (χ1n) is 6.91. The summed E-state index contributed by atoms with van der Waals surface area (Å²) in [5.41, 5.74) is 9.06. The highest BCUT2D eigenvalue weighted by atomic mass is 16.5. The maximum atomic E-state index is 12.2. The van der Waals surface area contributed by atoms with E-state index in [1.54, 1.807) is 12.0 Å². The molecule has 21 heavy (non-hydrogen) atoms. The summed E-state index contributed by atoms with van der Waals surface area (Å²) in [5, 5.41) is 0. The van der Waals surface area contributed by atoms with Crippen LogP contribution >= 0.6 is 0 Å². The minimum absolute atomic E-state index is 0.0613. The van der Waals surface area contributed by atoms with Crippen LogP contribution in [0.15, 0.2) is 48.5 Å². The number of ether oxygens (including phenoxy) is 1. The van der Waals surface area contributed by atoms with Crippen molar-refractivity contribution < 1.29 is 9.53 Å². The maximum absolute atomic E-state index is 12.2. The fourth-order valence-corrected chi connectivity index (χ4v) is 2.68. The summed E-state index contributed by atoms with van der Waals surface area (Å²) in [6.45, 7) is 2.04. The fraction of sp³-hybridized carbons (Fsp3) is 0.235. The SMILES string of the molecule is COc1cccc(N2C(=O)[C@@H](N)[C@@H]2c2ccc(C)cc2)c1. The van der Waals surface area contributed by atoms with Crippen molar-refractivity contribution in [3.05, 3.63) is 59.7 Å². The zero-order valence-corrected chi connectivity index (χ0v) is 12.1. The van der Waals surface area contributed by atoms with E-state index in [-0.39, 0.29) is 11.9 Å². The summed E-state index contributed by atoms with van der Waals surface area (Å²) < 4.78 is 5.22. The Morgan fingerprint density at radius 2 is 1.86 bits per heavy atom. The molecule has 1 heterocycles. The molecule has 108 valence electrons. The molecular weight excluding hydrogens is 264 g/mol. The summed E-state index contributed by atoms with van der Waals surface area (Å²) in [4.78, 5) is 13.9. The number of methoxy groups -OCH3 is 1. The van der Waals surface area contributed by atoms with Gasteiger partial charge in [-0.05, 0) is 24.6 Å². The number of amides is 1. The number of hydrogen-bond acceptors (Lipinski definition) is 3. The van der Waals surface area contributed by atoms with Gasteiger partial charge in [0, 0.05) is 11.8 Å². The van der Waals surface area contributed by atoms with Gasteiger partial charge in [-0.3, -0.25) is 4.79 Å². The third kappa shape index (κ3) is 2.28. The molecular formula is C17H18N2O2. The van der Waals surface area contributed by atoms with Gasteiger partial charge in [-0.15, -0.1) is 0 Å². The summed E-state index contributed by atoms with van der Waals surface area (Å²) in [6.07, 6.45) is 0. The van der Waals surface area contributed by atoms with E-state index in [1.165, 1.54) is 5.56 Å². The van der Waals surface area contributed by atoms with Gasteiger partial charge in [0.25, 0.3) is 0 Å². The zero-order chi connectivity index (χ0) is 15.0. The Hall–Kier alpha value is -2.33. The number of nitrogens with two attached hydrogens (primary N) is 1. The lowest BCUT2D eigenvalue weighted by Gasteiger charge is -2.45. The normalized spacial score (nSPS) is 21.1. The Labute approximate surface area is 124 Å². The van der Waals surface area contributed by atoms with Crippen molar-refractivity contribution in [2.45, 2.75) is 19.0 Å². The molecule has 2 atom stereocenters. The van der Waals surface area contributed by atoms with Gasteiger partial charge in [0.05, 0.1) is 13.2 Å². The molecule has 0 bridgehead atoms. The number of aryl methyl sites for hydroxylation is 1. The highest BCUT2D eigenvalue weighted by molar-refractivity contribution is 6.05. The monoisotopic (exact) mass is 282 g/mol. The standard InChI is InChI=1S/C17H18N2O2/c1-11-6-8-12(9-7-11)16-15(18)17(20)19(16)13-4-3-5-14(10-13)21-2/h3-10,15-16H,18H2,1-2H3/t15-,16-/m0/s1. The Morgan fingerprint density at radius 3 is 2.52 bits per heavy atom. The van der Waals surface area contributed by atoms with E-state index in [4.69, 9.17) is 10.5 Å². The predicted octanol–water partition coefficient (Wildman–Crippen LogP) is 2.42. The second-order valence-electron chi connectivity index (χ2n) is 5.29. The molecule has 2 aromatic rings. The molecule has 3 rings (SSSR count). The minimum atomic E-state index is -0.487. The second kappa shape index (κ2) is 5.22. The van der Waals surface area contributed by atoms with Crippen LogP contribution in [0.2, 0.25) is 0 Å². The Bertz CT molecular complexity index is 667. The van der Waals surface area contributed by atoms with Crippen LogP contribution in [-0.4, -0.2) is 19.1 Å². The number of carbonyl (C=O) groups is 1. The van der Waals surface area contributed by atoms with Gasteiger partial charge in [-0.2, -0.15) is 0 Å². The van der Waals surface area contributed by atoms with E-state index in [1.807, 2.05) is 55.5 Å². The molecule has 0 spiro atoms. The van der Waals surface area contributed by atoms with Gasteiger partial charge in [-0.1, -0.05) is 35.9 Å². The predicted molar refractivity (Wildman–Crippen MR) is 82.4 cm³/mol. The molecule has 0 aromatic heterocycles. The van der Waals surface area contributed by atoms with Gasteiger partial charge in [0.2, 0.25) is 5.91 Å². The van der Waals surface area contributed by atoms with Crippen LogP contribution < -0.4 is 15.4 Å². The van der Waals surface area contributed by atoms with Crippen molar-refractivity contribution >= 4 is 11.6 Å². The smallest absolute Gasteiger partial charge is 0.247 e. The highest BCUT2D eigenvalue weighted by Crippen LogP contribution is 2.39. The van der Waals surface area contributed by atoms with E-state index >= 15 is 0 Å². The molecule has 2 N–H and O–H groups in total. The molecule has 1 saturated heterocycles. The van der Waals surface area contributed by atoms with E-state index in [9.17, 15) is 4.79 Å². The molecule has 0 saturated carbocycles. The number of rotatable bonds is 3. The van der Waals surface area contributed by atoms with Crippen LogP contribution in [0.5, 0.6) is 5.75 Å². The van der Waals surface area contributed by atoms with Crippen LogP contribution in [0.25, 0.3) is 0 Å². The third-order valence-electron chi connectivity index (χ3n) is 3.89. The van der Waals surface area contributed by atoms with E-state index in [0.717, 1.165) is 17.0 Å². The zero-order valence-electron chi connectivity index (χ0n) is 12.1. The van der Waals surface area contributed by atoms with Gasteiger partial charge in [0.15, 0.2) is 0 Å². The second-order valence-corrected chi connectivity index (χ2v) is 5.29. The Kier molecular flexibility index (Phi) is 3.39. The summed E-state index contributed by atoms with van der Waals surface area (Å²) >= 11 is 0. The average molecular weight is 282 g/mol. The number of β-lactam (4-membered cyclic amide) rings is 1. The van der Waals surface area contributed by atoms with Crippen molar-refractivity contribution in [2.75, 3.05) is 12.0 Å². The number of nitrogens with zero attached hydrogens (tertiary/aromatic N) is 1. The number of hydrogen-bond donors (Lipinski definition) is 1. The van der Waals surface area contributed by atoms with Crippen molar-refractivity contribution in [2.24, 2.45) is 5.73 Å². The van der Waals surface area contributed by atoms with Crippen LogP contribution in [0.4, 0.5) is 5.69 Å². The summed E-state index contributed by atoms with van der Waals surface area (Å²) in [7, 11) is 1.61. The molecule has 1 amide bonds. The van der Waals surface area contributed by atoms with Crippen LogP contribution in [-0.2, 0) is 4.79 Å². The minimum Gasteiger partial charge on any atom is -0.497 e. The molecule has 1 fully saturated rings. The maximum Gasteiger partial charge on any atom is 0.247 e. The first-order chi connectivity index (χ1) is 10.1. The van der Waals surface area contributed by atoms with Gasteiger partial charge < -0.3 is 15.4 Å². The fourth-order valence-electron chi connectivity index (χ4n) is 2.68. The van der Waals surface area contributed by atoms with Crippen LogP contribution in [0, 0.1) is 6.92 Å². The molecule has 1 aliphatic rings. The molecule has 1 aliphatic heterocycles. The third-order valence-corrected chi connectivity index (χ3v) is 3.89. The number of carbonyl (C=O) groups excluding carboxylic acids is 1. The summed E-state index contributed by atoms with van der Waals surface area (Å²) in [5.74, 6) is 0.664. The molecule has 4 heteroatoms. The van der Waals surface area contributed by atoms with Crippen molar-refractivity contribution in [3.8, 4) is 5.75 Å². The van der Waals surface area contributed by atoms with E-state index in [2.05, 4.69) is 0 Å². The largest absolute Gasteiger partial charge is 0.497 e. The summed E-state index contributed by atoms with van der Waals surface area (Å²) in [6, 6.07) is 15.0.